The van der Waals surface area contributed by atoms with E-state index < -0.39 is 17.9 Å². The van der Waals surface area contributed by atoms with Gasteiger partial charge in [0.05, 0.1) is 13.2 Å². The van der Waals surface area contributed by atoms with Crippen LogP contribution in [0.3, 0.4) is 0 Å². The third kappa shape index (κ3) is 2.93. The van der Waals surface area contributed by atoms with Crippen LogP contribution in [0.15, 0.2) is 18.2 Å². The van der Waals surface area contributed by atoms with Gasteiger partial charge in [-0.1, -0.05) is 11.6 Å². The van der Waals surface area contributed by atoms with Gasteiger partial charge in [0, 0.05) is 10.6 Å². The van der Waals surface area contributed by atoms with Crippen LogP contribution in [-0.4, -0.2) is 19.1 Å². The van der Waals surface area contributed by atoms with Crippen LogP contribution in [0.5, 0.6) is 5.75 Å². The van der Waals surface area contributed by atoms with Crippen molar-refractivity contribution in [1.82, 2.24) is 0 Å². The molecule has 96 valence electrons. The maximum absolute atomic E-state index is 12.3. The summed E-state index contributed by atoms with van der Waals surface area (Å²) in [6, 6.07) is 5.11. The first-order valence-electron chi connectivity index (χ1n) is 4.65. The minimum atomic E-state index is -5.09. The van der Waals surface area contributed by atoms with E-state index in [1.54, 1.807) is 0 Å². The lowest BCUT2D eigenvalue weighted by Gasteiger charge is -2.14. The lowest BCUT2D eigenvalue weighted by atomic mass is 9.95. The molecule has 0 saturated heterocycles. The predicted molar refractivity (Wildman–Crippen MR) is 57.4 cm³/mol. The molecule has 0 aromatic heterocycles. The monoisotopic (exact) mass is 277 g/mol. The van der Waals surface area contributed by atoms with E-state index in [1.165, 1.54) is 25.3 Å². The molecule has 0 aliphatic carbocycles. The minimum absolute atomic E-state index is 0.00329. The molecule has 0 spiro atoms. The summed E-state index contributed by atoms with van der Waals surface area (Å²) >= 11 is 5.64. The fraction of sp³-hybridized carbons (Fsp3) is 0.273. The van der Waals surface area contributed by atoms with Crippen LogP contribution in [-0.2, 0) is 4.79 Å². The van der Waals surface area contributed by atoms with Crippen molar-refractivity contribution in [1.29, 1.82) is 5.26 Å². The molecule has 1 aromatic rings. The number of methoxy groups -OCH3 is 1. The molecule has 7 heteroatoms. The summed E-state index contributed by atoms with van der Waals surface area (Å²) in [5.74, 6) is -4.13. The number of ketones is 1. The second-order valence-corrected chi connectivity index (χ2v) is 3.75. The number of alkyl halides is 3. The third-order valence-electron chi connectivity index (χ3n) is 2.17. The molecule has 0 radical (unpaired) electrons. The number of benzene rings is 1. The number of nitrogens with zero attached hydrogens (tertiary/aromatic N) is 1. The molecule has 0 aliphatic heterocycles. The van der Waals surface area contributed by atoms with Gasteiger partial charge in [-0.3, -0.25) is 4.79 Å². The Kier molecular flexibility index (Phi) is 4.19. The van der Waals surface area contributed by atoms with Crippen molar-refractivity contribution in [2.24, 2.45) is 0 Å². The van der Waals surface area contributed by atoms with Gasteiger partial charge in [-0.15, -0.1) is 0 Å². The van der Waals surface area contributed by atoms with Crippen molar-refractivity contribution in [3.63, 3.8) is 0 Å². The van der Waals surface area contributed by atoms with E-state index >= 15 is 0 Å². The largest absolute Gasteiger partial charge is 0.496 e. The van der Waals surface area contributed by atoms with Crippen molar-refractivity contribution in [3.8, 4) is 11.8 Å². The van der Waals surface area contributed by atoms with Gasteiger partial charge in [0.15, 0.2) is 0 Å². The van der Waals surface area contributed by atoms with E-state index in [-0.39, 0.29) is 16.3 Å². The van der Waals surface area contributed by atoms with Gasteiger partial charge < -0.3 is 4.74 Å². The number of Topliss-reactive ketones (excluding diaryl/α,β-unsaturated/α-hetero) is 1. The van der Waals surface area contributed by atoms with Crippen molar-refractivity contribution >= 4 is 17.4 Å². The van der Waals surface area contributed by atoms with Gasteiger partial charge in [0.1, 0.15) is 11.7 Å². The van der Waals surface area contributed by atoms with Crippen molar-refractivity contribution < 1.29 is 22.7 Å². The molecule has 0 N–H and O–H groups in total. The summed E-state index contributed by atoms with van der Waals surface area (Å²) in [4.78, 5) is 11.1. The molecule has 1 rings (SSSR count). The molecule has 18 heavy (non-hydrogen) atoms. The minimum Gasteiger partial charge on any atom is -0.496 e. The first kappa shape index (κ1) is 14.3. The van der Waals surface area contributed by atoms with Crippen LogP contribution in [0.2, 0.25) is 5.02 Å². The average Bonchev–Trinajstić information content (AvgIpc) is 2.29. The summed E-state index contributed by atoms with van der Waals surface area (Å²) in [5.41, 5.74) is -0.199. The van der Waals surface area contributed by atoms with Gasteiger partial charge in [0.2, 0.25) is 0 Å². The number of rotatable bonds is 3. The molecular weight excluding hydrogens is 271 g/mol. The molecule has 0 aliphatic rings. The van der Waals surface area contributed by atoms with Crippen LogP contribution >= 0.6 is 11.6 Å². The number of nitriles is 1. The Hall–Kier alpha value is -1.74. The molecule has 0 fully saturated rings. The van der Waals surface area contributed by atoms with Gasteiger partial charge in [-0.2, -0.15) is 18.4 Å². The SMILES string of the molecule is COc1ccc(Cl)cc1C(C#N)C(=O)C(F)(F)F. The van der Waals surface area contributed by atoms with Gasteiger partial charge in [0.25, 0.3) is 5.78 Å². The summed E-state index contributed by atoms with van der Waals surface area (Å²) in [6.07, 6.45) is -5.09. The zero-order valence-electron chi connectivity index (χ0n) is 9.08. The summed E-state index contributed by atoms with van der Waals surface area (Å²) < 4.78 is 41.8. The highest BCUT2D eigenvalue weighted by molar-refractivity contribution is 6.30. The van der Waals surface area contributed by atoms with Crippen molar-refractivity contribution in [3.05, 3.63) is 28.8 Å². The first-order valence-corrected chi connectivity index (χ1v) is 5.03. The molecule has 0 saturated carbocycles. The van der Waals surface area contributed by atoms with E-state index in [9.17, 15) is 18.0 Å². The van der Waals surface area contributed by atoms with Crippen molar-refractivity contribution in [2.75, 3.05) is 7.11 Å². The lowest BCUT2D eigenvalue weighted by molar-refractivity contribution is -0.171. The Bertz CT molecular complexity index is 508. The predicted octanol–water partition coefficient (Wildman–Crippen LogP) is 3.09. The number of ether oxygens (including phenoxy) is 1. The van der Waals surface area contributed by atoms with Crippen LogP contribution in [0.1, 0.15) is 11.5 Å². The van der Waals surface area contributed by atoms with Crippen LogP contribution in [0.4, 0.5) is 13.2 Å². The van der Waals surface area contributed by atoms with E-state index in [0.717, 1.165) is 6.07 Å². The average molecular weight is 278 g/mol. The quantitative estimate of drug-likeness (QED) is 0.853. The molecule has 1 unspecified atom stereocenters. The third-order valence-corrected chi connectivity index (χ3v) is 2.41. The highest BCUT2D eigenvalue weighted by Crippen LogP contribution is 2.34. The normalized spacial score (nSPS) is 12.7. The molecule has 1 atom stereocenters. The zero-order valence-corrected chi connectivity index (χ0v) is 9.84. The molecular formula is C11H7ClF3NO2. The Morgan fingerprint density at radius 3 is 2.56 bits per heavy atom. The highest BCUT2D eigenvalue weighted by atomic mass is 35.5. The summed E-state index contributed by atoms with van der Waals surface area (Å²) in [5, 5.41) is 8.87. The molecule has 0 heterocycles. The Morgan fingerprint density at radius 2 is 2.11 bits per heavy atom. The second-order valence-electron chi connectivity index (χ2n) is 3.31. The molecule has 0 amide bonds. The zero-order chi connectivity index (χ0) is 13.9. The summed E-state index contributed by atoms with van der Waals surface area (Å²) in [7, 11) is 1.22. The number of hydrogen-bond donors (Lipinski definition) is 0. The van der Waals surface area contributed by atoms with E-state index in [0.29, 0.717) is 0 Å². The van der Waals surface area contributed by atoms with E-state index in [1.807, 2.05) is 0 Å². The Balaban J connectivity index is 3.30. The topological polar surface area (TPSA) is 50.1 Å². The Labute approximate surface area is 106 Å². The Morgan fingerprint density at radius 1 is 1.50 bits per heavy atom. The number of hydrogen-bond acceptors (Lipinski definition) is 3. The van der Waals surface area contributed by atoms with Gasteiger partial charge in [-0.05, 0) is 18.2 Å². The maximum atomic E-state index is 12.3. The van der Waals surface area contributed by atoms with Crippen LogP contribution < -0.4 is 4.74 Å². The van der Waals surface area contributed by atoms with Crippen LogP contribution in [0, 0.1) is 11.3 Å². The first-order chi connectivity index (χ1) is 8.31. The van der Waals surface area contributed by atoms with Crippen LogP contribution in [0.25, 0.3) is 0 Å². The fourth-order valence-corrected chi connectivity index (χ4v) is 1.54. The molecule has 3 nitrogen and oxygen atoms in total. The lowest BCUT2D eigenvalue weighted by Crippen LogP contribution is -2.28. The molecule has 1 aromatic carbocycles. The molecule has 0 bridgehead atoms. The summed E-state index contributed by atoms with van der Waals surface area (Å²) in [6.45, 7) is 0. The highest BCUT2D eigenvalue weighted by Gasteiger charge is 2.45. The fourth-order valence-electron chi connectivity index (χ4n) is 1.36. The number of carbonyl (C=O) groups is 1. The van der Waals surface area contributed by atoms with E-state index in [2.05, 4.69) is 0 Å². The maximum Gasteiger partial charge on any atom is 0.451 e. The van der Waals surface area contributed by atoms with E-state index in [4.69, 9.17) is 21.6 Å². The number of carbonyl (C=O) groups excluding carboxylic acids is 1. The van der Waals surface area contributed by atoms with Gasteiger partial charge >= 0.3 is 6.18 Å². The smallest absolute Gasteiger partial charge is 0.451 e. The second kappa shape index (κ2) is 5.27. The standard InChI is InChI=1S/C11H7ClF3NO2/c1-18-9-3-2-6(12)4-7(9)8(5-16)10(17)11(13,14)15/h2-4,8H,1H3. The van der Waals surface area contributed by atoms with Crippen molar-refractivity contribution in [2.45, 2.75) is 12.1 Å². The van der Waals surface area contributed by atoms with Gasteiger partial charge in [-0.25, -0.2) is 0 Å². The number of halogens is 4.